The van der Waals surface area contributed by atoms with Crippen molar-refractivity contribution >= 4 is 61.8 Å². The number of hydrogen-bond donors (Lipinski definition) is 6. The number of benzene rings is 5. The summed E-state index contributed by atoms with van der Waals surface area (Å²) in [4.78, 5) is 28.9. The van der Waals surface area contributed by atoms with E-state index in [-0.39, 0.29) is 11.7 Å². The van der Waals surface area contributed by atoms with Crippen LogP contribution in [-0.2, 0) is 0 Å². The quantitative estimate of drug-likeness (QED) is 0.0386. The summed E-state index contributed by atoms with van der Waals surface area (Å²) in [6, 6.07) is 39.2. The van der Waals surface area contributed by atoms with Crippen molar-refractivity contribution in [3.63, 3.8) is 0 Å². The third-order valence-corrected chi connectivity index (χ3v) is 9.63. The maximum Gasteiger partial charge on any atom is 0.488 e. The molecule has 3 aromatic heterocycles. The Bertz CT molecular complexity index is 2780. The molecule has 8 aromatic rings. The van der Waals surface area contributed by atoms with Crippen molar-refractivity contribution in [2.75, 3.05) is 0 Å². The first-order valence-corrected chi connectivity index (χ1v) is 20.5. The van der Waals surface area contributed by atoms with Crippen LogP contribution in [0.5, 0.6) is 0 Å². The molecular formula is C47H34BBr2N13O2. The molecule has 65 heavy (non-hydrogen) atoms. The molecule has 0 aliphatic heterocycles. The Kier molecular flexibility index (Phi) is 17.5. The van der Waals surface area contributed by atoms with Crippen LogP contribution >= 0.6 is 31.9 Å². The Morgan fingerprint density at radius 1 is 0.508 bits per heavy atom. The third kappa shape index (κ3) is 14.4. The number of aromatic nitrogens is 6. The van der Waals surface area contributed by atoms with Gasteiger partial charge in [0.1, 0.15) is 20.9 Å². The minimum Gasteiger partial charge on any atom is -0.423 e. The topological polar surface area (TPSA) is 269 Å². The van der Waals surface area contributed by atoms with Crippen LogP contribution in [0.1, 0.15) is 22.3 Å². The summed E-state index contributed by atoms with van der Waals surface area (Å²) in [5.74, 6) is 0.0778. The number of rotatable bonds is 7. The van der Waals surface area contributed by atoms with Gasteiger partial charge in [0.05, 0.1) is 89.8 Å². The largest absolute Gasteiger partial charge is 0.488 e. The van der Waals surface area contributed by atoms with E-state index in [4.69, 9.17) is 49.4 Å². The predicted octanol–water partition coefficient (Wildman–Crippen LogP) is 7.85. The van der Waals surface area contributed by atoms with Crippen LogP contribution < -0.4 is 16.9 Å². The molecule has 0 spiro atoms. The second kappa shape index (κ2) is 23.8. The molecular weight excluding hydrogens is 949 g/mol. The fourth-order valence-corrected chi connectivity index (χ4v) is 5.75. The highest BCUT2D eigenvalue weighted by atomic mass is 79.9. The highest BCUT2D eigenvalue weighted by Crippen LogP contribution is 2.24. The van der Waals surface area contributed by atoms with Gasteiger partial charge in [-0.1, -0.05) is 97.1 Å². The average molecular weight is 983 g/mol. The molecule has 0 radical (unpaired) electrons. The van der Waals surface area contributed by atoms with Crippen molar-refractivity contribution in [2.24, 2.45) is 11.5 Å². The lowest BCUT2D eigenvalue weighted by Crippen LogP contribution is -2.29. The number of nitriles is 2. The molecule has 0 fully saturated rings. The van der Waals surface area contributed by atoms with E-state index in [1.807, 2.05) is 54.6 Å². The van der Waals surface area contributed by atoms with E-state index in [1.54, 1.807) is 85.7 Å². The Morgan fingerprint density at radius 2 is 0.815 bits per heavy atom. The number of hydrogen-bond acceptors (Lipinski definition) is 12. The van der Waals surface area contributed by atoms with Gasteiger partial charge in [0, 0.05) is 27.8 Å². The summed E-state index contributed by atoms with van der Waals surface area (Å²) in [5, 5.41) is 49.3. The fourth-order valence-electron chi connectivity index (χ4n) is 5.34. The molecule has 5 aromatic carbocycles. The van der Waals surface area contributed by atoms with E-state index in [2.05, 4.69) is 72.7 Å². The molecule has 0 atom stereocenters. The van der Waals surface area contributed by atoms with Crippen LogP contribution in [-0.4, -0.2) is 58.7 Å². The summed E-state index contributed by atoms with van der Waals surface area (Å²) >= 11 is 6.30. The number of amidine groups is 2. The molecule has 0 bridgehead atoms. The number of nitrogens with two attached hydrogens (primary N) is 2. The van der Waals surface area contributed by atoms with Crippen LogP contribution in [0.2, 0.25) is 0 Å². The summed E-state index contributed by atoms with van der Waals surface area (Å²) in [7, 11) is -1.46. The lowest BCUT2D eigenvalue weighted by Gasteiger charge is -2.05. The molecule has 8 N–H and O–H groups in total. The molecule has 0 saturated heterocycles. The smallest absolute Gasteiger partial charge is 0.423 e. The first kappa shape index (κ1) is 47.7. The normalized spacial score (nSPS) is 9.74. The molecule has 18 heteroatoms. The molecule has 0 amide bonds. The number of halogens is 2. The summed E-state index contributed by atoms with van der Waals surface area (Å²) in [6.45, 7) is 6.95. The molecule has 0 saturated carbocycles. The third-order valence-electron chi connectivity index (χ3n) is 8.82. The van der Waals surface area contributed by atoms with Crippen LogP contribution in [0.4, 0.5) is 5.69 Å². The van der Waals surface area contributed by atoms with E-state index < -0.39 is 7.12 Å². The van der Waals surface area contributed by atoms with Gasteiger partial charge in [-0.15, -0.1) is 0 Å². The van der Waals surface area contributed by atoms with Crippen molar-refractivity contribution in [2.45, 2.75) is 0 Å². The highest BCUT2D eigenvalue weighted by Gasteiger charge is 2.09. The molecule has 316 valence electrons. The van der Waals surface area contributed by atoms with Gasteiger partial charge >= 0.3 is 7.12 Å². The standard InChI is InChI=1S/C18H16N6.C18H10N4.C7H6BNO2.C4H2Br2N2/c19-17(20)13-5-1-11(2-6-13)15-9-24-16(10-23-15)12-3-7-14(8-4-12)18(21)22;1-20-16-8-6-15(7-9-16)18-12-21-17(11-22-18)14-4-2-13(10-19)3-5-14;9-5-6-1-3-7(4-2-6)8(10)11;5-3-1-7-4(6)2-8-3/h1-10H,(H3,19,20)(H3,21,22);2-9,11-12H;1-4,10-11H;1-2H. The van der Waals surface area contributed by atoms with Gasteiger partial charge < -0.3 is 21.5 Å². The van der Waals surface area contributed by atoms with E-state index in [0.717, 1.165) is 54.2 Å². The van der Waals surface area contributed by atoms with Crippen molar-refractivity contribution in [1.29, 1.82) is 21.3 Å². The Morgan fingerprint density at radius 3 is 1.08 bits per heavy atom. The zero-order valence-electron chi connectivity index (χ0n) is 33.9. The van der Waals surface area contributed by atoms with E-state index in [0.29, 0.717) is 33.4 Å². The number of nitrogens with zero attached hydrogens (tertiary/aromatic N) is 9. The van der Waals surface area contributed by atoms with Gasteiger partial charge in [0.2, 0.25) is 0 Å². The first-order chi connectivity index (χ1) is 31.4. The van der Waals surface area contributed by atoms with Crippen molar-refractivity contribution in [1.82, 2.24) is 29.9 Å². The molecule has 0 unspecified atom stereocenters. The van der Waals surface area contributed by atoms with Crippen LogP contribution in [0.25, 0.3) is 49.9 Å². The SMILES string of the molecule is Brc1cnc(Br)cn1.N#Cc1ccc(B(O)O)cc1.N=C(N)c1ccc(-c2cnc(-c3ccc(C(=N)N)cc3)cn2)cc1.[C-]#[N+]c1ccc(-c2cnc(-c3ccc(C#N)cc3)cn2)cc1. The van der Waals surface area contributed by atoms with E-state index >= 15 is 0 Å². The maximum atomic E-state index is 8.80. The van der Waals surface area contributed by atoms with Gasteiger partial charge in [0.15, 0.2) is 5.69 Å². The lowest BCUT2D eigenvalue weighted by atomic mass is 9.80. The molecule has 0 aliphatic rings. The van der Waals surface area contributed by atoms with Gasteiger partial charge in [-0.05, 0) is 67.2 Å². The second-order valence-corrected chi connectivity index (χ2v) is 14.8. The fraction of sp³-hybridized carbons (Fsp3) is 0. The lowest BCUT2D eigenvalue weighted by molar-refractivity contribution is 0.426. The Labute approximate surface area is 391 Å². The monoisotopic (exact) mass is 981 g/mol. The Hall–Kier alpha value is -8.31. The first-order valence-electron chi connectivity index (χ1n) is 18.9. The predicted molar refractivity (Wildman–Crippen MR) is 257 cm³/mol. The molecule has 0 aliphatic carbocycles. The minimum atomic E-state index is -1.46. The van der Waals surface area contributed by atoms with Crippen LogP contribution in [0.3, 0.4) is 0 Å². The van der Waals surface area contributed by atoms with Crippen molar-refractivity contribution in [3.05, 3.63) is 201 Å². The number of nitrogens with one attached hydrogen (secondary N) is 2. The van der Waals surface area contributed by atoms with Crippen molar-refractivity contribution in [3.8, 4) is 57.2 Å². The van der Waals surface area contributed by atoms with Gasteiger partial charge in [-0.25, -0.2) is 14.8 Å². The molecule has 3 heterocycles. The Balaban J connectivity index is 0.000000177. The zero-order chi connectivity index (χ0) is 46.7. The highest BCUT2D eigenvalue weighted by molar-refractivity contribution is 9.10. The van der Waals surface area contributed by atoms with E-state index in [9.17, 15) is 0 Å². The van der Waals surface area contributed by atoms with Crippen LogP contribution in [0, 0.1) is 40.1 Å². The van der Waals surface area contributed by atoms with E-state index in [1.165, 1.54) is 24.3 Å². The molecule has 8 rings (SSSR count). The van der Waals surface area contributed by atoms with Gasteiger partial charge in [-0.2, -0.15) is 10.5 Å². The summed E-state index contributed by atoms with van der Waals surface area (Å²) in [6.07, 6.45) is 10.1. The summed E-state index contributed by atoms with van der Waals surface area (Å²) < 4.78 is 1.50. The zero-order valence-corrected chi connectivity index (χ0v) is 37.1. The minimum absolute atomic E-state index is 0.0389. The second-order valence-electron chi connectivity index (χ2n) is 13.2. The van der Waals surface area contributed by atoms with Gasteiger partial charge in [-0.3, -0.25) is 30.8 Å². The van der Waals surface area contributed by atoms with Crippen molar-refractivity contribution < 1.29 is 10.0 Å². The average Bonchev–Trinajstić information content (AvgIpc) is 3.35. The maximum absolute atomic E-state index is 8.80. The number of nitrogen functional groups attached to an aromatic ring is 2. The molecule has 15 nitrogen and oxygen atoms in total. The van der Waals surface area contributed by atoms with Gasteiger partial charge in [0.25, 0.3) is 0 Å². The summed E-state index contributed by atoms with van der Waals surface area (Å²) in [5.41, 5.74) is 21.0. The van der Waals surface area contributed by atoms with Crippen LogP contribution in [0.15, 0.2) is 168 Å².